The standard InChI is InChI=1S/C11H13NO4/c1-15-10-5-3-9(4-6-10)7-12(14)8-11(13)16-2/h3-7H,8H2,1-2H3/b12-7-. The molecule has 0 aliphatic carbocycles. The molecule has 5 nitrogen and oxygen atoms in total. The second-order valence-corrected chi connectivity index (χ2v) is 3.05. The molecule has 0 amide bonds. The van der Waals surface area contributed by atoms with Crippen molar-refractivity contribution in [3.8, 4) is 5.75 Å². The van der Waals surface area contributed by atoms with Crippen LogP contribution in [0.2, 0.25) is 0 Å². The Balaban J connectivity index is 2.70. The van der Waals surface area contributed by atoms with Crippen molar-refractivity contribution >= 4 is 12.2 Å². The number of hydrogen-bond donors (Lipinski definition) is 0. The molecule has 0 radical (unpaired) electrons. The van der Waals surface area contributed by atoms with Crippen molar-refractivity contribution < 1.29 is 19.0 Å². The van der Waals surface area contributed by atoms with Crippen molar-refractivity contribution in [1.82, 2.24) is 0 Å². The highest BCUT2D eigenvalue weighted by Gasteiger charge is 2.05. The van der Waals surface area contributed by atoms with Gasteiger partial charge in [-0.1, -0.05) is 0 Å². The smallest absolute Gasteiger partial charge is 0.373 e. The Hall–Kier alpha value is -2.04. The minimum absolute atomic E-state index is 0.317. The first-order valence-electron chi connectivity index (χ1n) is 4.65. The van der Waals surface area contributed by atoms with Crippen LogP contribution >= 0.6 is 0 Å². The number of methoxy groups -OCH3 is 2. The van der Waals surface area contributed by atoms with Crippen molar-refractivity contribution in [3.63, 3.8) is 0 Å². The van der Waals surface area contributed by atoms with Gasteiger partial charge in [0.2, 0.25) is 6.54 Å². The number of rotatable bonds is 4. The predicted octanol–water partition coefficient (Wildman–Crippen LogP) is 0.797. The molecule has 0 N–H and O–H groups in total. The molecule has 0 bridgehead atoms. The average molecular weight is 223 g/mol. The van der Waals surface area contributed by atoms with E-state index in [9.17, 15) is 10.0 Å². The highest BCUT2D eigenvalue weighted by atomic mass is 16.5. The van der Waals surface area contributed by atoms with E-state index in [4.69, 9.17) is 4.74 Å². The van der Waals surface area contributed by atoms with E-state index in [1.165, 1.54) is 13.3 Å². The molecule has 0 saturated heterocycles. The summed E-state index contributed by atoms with van der Waals surface area (Å²) in [5, 5.41) is 11.3. The van der Waals surface area contributed by atoms with Crippen molar-refractivity contribution in [1.29, 1.82) is 0 Å². The lowest BCUT2D eigenvalue weighted by molar-refractivity contribution is -0.442. The first kappa shape index (κ1) is 12.0. The Kier molecular flexibility index (Phi) is 4.32. The molecule has 0 aromatic heterocycles. The lowest BCUT2D eigenvalue weighted by Crippen LogP contribution is -2.18. The van der Waals surface area contributed by atoms with Crippen LogP contribution in [0.25, 0.3) is 0 Å². The molecule has 0 aliphatic heterocycles. The zero-order valence-electron chi connectivity index (χ0n) is 9.17. The van der Waals surface area contributed by atoms with Crippen LogP contribution in [0.5, 0.6) is 5.75 Å². The van der Waals surface area contributed by atoms with Gasteiger partial charge in [-0.25, -0.2) is 4.79 Å². The normalized spacial score (nSPS) is 11.0. The summed E-state index contributed by atoms with van der Waals surface area (Å²) in [7, 11) is 2.80. The molecule has 1 aromatic rings. The zero-order valence-corrected chi connectivity index (χ0v) is 9.17. The number of carbonyl (C=O) groups excluding carboxylic acids is 1. The van der Waals surface area contributed by atoms with Crippen LogP contribution < -0.4 is 4.74 Å². The second kappa shape index (κ2) is 5.75. The first-order chi connectivity index (χ1) is 7.65. The second-order valence-electron chi connectivity index (χ2n) is 3.05. The van der Waals surface area contributed by atoms with E-state index in [2.05, 4.69) is 4.74 Å². The quantitative estimate of drug-likeness (QED) is 0.249. The van der Waals surface area contributed by atoms with Crippen molar-refractivity contribution in [2.24, 2.45) is 0 Å². The number of carbonyl (C=O) groups is 1. The minimum atomic E-state index is -0.570. The van der Waals surface area contributed by atoms with Crippen LogP contribution in [0.4, 0.5) is 0 Å². The van der Waals surface area contributed by atoms with E-state index in [0.29, 0.717) is 16.1 Å². The van der Waals surface area contributed by atoms with E-state index in [0.717, 1.165) is 0 Å². The van der Waals surface area contributed by atoms with Gasteiger partial charge in [0.1, 0.15) is 5.75 Å². The predicted molar refractivity (Wildman–Crippen MR) is 58.7 cm³/mol. The van der Waals surface area contributed by atoms with Gasteiger partial charge in [-0.2, -0.15) is 4.74 Å². The summed E-state index contributed by atoms with van der Waals surface area (Å²) >= 11 is 0. The fourth-order valence-corrected chi connectivity index (χ4v) is 1.09. The van der Waals surface area contributed by atoms with Gasteiger partial charge in [-0.3, -0.25) is 0 Å². The van der Waals surface area contributed by atoms with Crippen molar-refractivity contribution in [2.75, 3.05) is 20.8 Å². The summed E-state index contributed by atoms with van der Waals surface area (Å²) in [5.74, 6) is 0.141. The number of benzene rings is 1. The summed E-state index contributed by atoms with van der Waals surface area (Å²) in [6.45, 7) is -0.317. The van der Waals surface area contributed by atoms with Gasteiger partial charge in [0.25, 0.3) is 0 Å². The van der Waals surface area contributed by atoms with Gasteiger partial charge in [0.15, 0.2) is 6.21 Å². The van der Waals surface area contributed by atoms with Gasteiger partial charge in [0, 0.05) is 5.56 Å². The third-order valence-corrected chi connectivity index (χ3v) is 1.92. The third-order valence-electron chi connectivity index (χ3n) is 1.92. The number of esters is 1. The Morgan fingerprint density at radius 3 is 2.50 bits per heavy atom. The maximum Gasteiger partial charge on any atom is 0.373 e. The van der Waals surface area contributed by atoms with Crippen LogP contribution in [-0.4, -0.2) is 37.7 Å². The number of ether oxygens (including phenoxy) is 2. The lowest BCUT2D eigenvalue weighted by atomic mass is 10.2. The molecule has 1 aromatic carbocycles. The van der Waals surface area contributed by atoms with E-state index >= 15 is 0 Å². The first-order valence-corrected chi connectivity index (χ1v) is 4.65. The fourth-order valence-electron chi connectivity index (χ4n) is 1.09. The maximum atomic E-state index is 11.3. The Morgan fingerprint density at radius 2 is 2.00 bits per heavy atom. The zero-order chi connectivity index (χ0) is 12.0. The monoisotopic (exact) mass is 223 g/mol. The Bertz CT molecular complexity index is 383. The molecule has 0 spiro atoms. The van der Waals surface area contributed by atoms with E-state index in [1.54, 1.807) is 31.4 Å². The molecule has 5 heteroatoms. The largest absolute Gasteiger partial charge is 0.623 e. The van der Waals surface area contributed by atoms with E-state index in [1.807, 2.05) is 0 Å². The van der Waals surface area contributed by atoms with Gasteiger partial charge < -0.3 is 14.7 Å². The number of nitrogens with zero attached hydrogens (tertiary/aromatic N) is 1. The molecule has 86 valence electrons. The molecule has 0 fully saturated rings. The van der Waals surface area contributed by atoms with Gasteiger partial charge in [-0.15, -0.1) is 0 Å². The maximum absolute atomic E-state index is 11.3. The molecule has 0 aliphatic rings. The summed E-state index contributed by atoms with van der Waals surface area (Å²) in [6.07, 6.45) is 1.32. The Morgan fingerprint density at radius 1 is 1.38 bits per heavy atom. The summed E-state index contributed by atoms with van der Waals surface area (Å²) in [6, 6.07) is 6.91. The number of hydrogen-bond acceptors (Lipinski definition) is 4. The van der Waals surface area contributed by atoms with Crippen molar-refractivity contribution in [2.45, 2.75) is 0 Å². The highest BCUT2D eigenvalue weighted by Crippen LogP contribution is 2.09. The SMILES string of the molecule is COC(=O)C/[N+]([O-])=C/c1ccc(OC)cc1. The van der Waals surface area contributed by atoms with E-state index < -0.39 is 5.97 Å². The van der Waals surface area contributed by atoms with Gasteiger partial charge in [0.05, 0.1) is 14.2 Å². The third kappa shape index (κ3) is 3.61. The van der Waals surface area contributed by atoms with Crippen LogP contribution in [-0.2, 0) is 9.53 Å². The molecule has 0 unspecified atom stereocenters. The average Bonchev–Trinajstić information content (AvgIpc) is 2.29. The highest BCUT2D eigenvalue weighted by molar-refractivity contribution is 5.77. The van der Waals surface area contributed by atoms with Gasteiger partial charge in [-0.05, 0) is 24.3 Å². The van der Waals surface area contributed by atoms with Crippen LogP contribution in [0.1, 0.15) is 5.56 Å². The summed E-state index contributed by atoms with van der Waals surface area (Å²) < 4.78 is 9.87. The van der Waals surface area contributed by atoms with Crippen molar-refractivity contribution in [3.05, 3.63) is 35.0 Å². The lowest BCUT2D eigenvalue weighted by Gasteiger charge is -2.02. The van der Waals surface area contributed by atoms with Crippen LogP contribution in [0, 0.1) is 5.21 Å². The molecular formula is C11H13NO4. The molecule has 0 saturated carbocycles. The topological polar surface area (TPSA) is 61.6 Å². The van der Waals surface area contributed by atoms with Gasteiger partial charge >= 0.3 is 5.97 Å². The molecular weight excluding hydrogens is 210 g/mol. The molecule has 16 heavy (non-hydrogen) atoms. The molecule has 0 heterocycles. The van der Waals surface area contributed by atoms with Crippen LogP contribution in [0.15, 0.2) is 24.3 Å². The summed E-state index contributed by atoms with van der Waals surface area (Å²) in [5.41, 5.74) is 0.694. The summed E-state index contributed by atoms with van der Waals surface area (Å²) in [4.78, 5) is 10.8. The Labute approximate surface area is 93.5 Å². The van der Waals surface area contributed by atoms with E-state index in [-0.39, 0.29) is 6.54 Å². The fraction of sp³-hybridized carbons (Fsp3) is 0.273. The number of hydroxylamine groups is 1. The minimum Gasteiger partial charge on any atom is -0.623 e. The van der Waals surface area contributed by atoms with Crippen LogP contribution in [0.3, 0.4) is 0 Å². The molecule has 0 atom stereocenters. The molecule has 1 rings (SSSR count).